The number of hydrogen-bond donors (Lipinski definition) is 1. The summed E-state index contributed by atoms with van der Waals surface area (Å²) in [6, 6.07) is 0. The van der Waals surface area contributed by atoms with Gasteiger partial charge in [-0.05, 0) is 19.3 Å². The highest BCUT2D eigenvalue weighted by molar-refractivity contribution is 5.78. The molecule has 2 rings (SSSR count). The largest absolute Gasteiger partial charge is 0.390 e. The van der Waals surface area contributed by atoms with Crippen LogP contribution >= 0.6 is 0 Å². The van der Waals surface area contributed by atoms with Crippen LogP contribution in [0.15, 0.2) is 6.33 Å². The van der Waals surface area contributed by atoms with Crippen molar-refractivity contribution in [3.8, 4) is 0 Å². The van der Waals surface area contributed by atoms with Gasteiger partial charge in [-0.1, -0.05) is 0 Å². The number of carbonyl (C=O) groups excluding carboxylic acids is 1. The fraction of sp³-hybridized carbons (Fsp3) is 0.769. The van der Waals surface area contributed by atoms with Crippen molar-refractivity contribution >= 4 is 5.91 Å². The highest BCUT2D eigenvalue weighted by Crippen LogP contribution is 2.28. The number of aliphatic hydroxyl groups excluding tert-OH is 1. The maximum Gasteiger partial charge on any atom is 0.225 e. The van der Waals surface area contributed by atoms with Crippen LogP contribution in [0.25, 0.3) is 0 Å². The molecule has 0 spiro atoms. The molecule has 1 aromatic rings. The molecule has 20 heavy (non-hydrogen) atoms. The number of nitrogens with zero attached hydrogens (tertiary/aromatic N) is 4. The lowest BCUT2D eigenvalue weighted by Crippen LogP contribution is -2.42. The molecule has 0 unspecified atom stereocenters. The molecule has 3 atom stereocenters. The Hall–Kier alpha value is -1.47. The molecule has 7 nitrogen and oxygen atoms in total. The van der Waals surface area contributed by atoms with Crippen molar-refractivity contribution in [2.45, 2.75) is 38.0 Å². The zero-order valence-corrected chi connectivity index (χ0v) is 12.2. The van der Waals surface area contributed by atoms with Crippen molar-refractivity contribution in [3.05, 3.63) is 12.2 Å². The summed E-state index contributed by atoms with van der Waals surface area (Å²) < 4.78 is 7.04. The first-order valence-corrected chi connectivity index (χ1v) is 6.81. The van der Waals surface area contributed by atoms with Gasteiger partial charge in [-0.3, -0.25) is 4.79 Å². The second-order valence-electron chi connectivity index (χ2n) is 5.40. The monoisotopic (exact) mass is 282 g/mol. The van der Waals surface area contributed by atoms with Crippen LogP contribution in [0.4, 0.5) is 0 Å². The molecule has 7 heteroatoms. The topological polar surface area (TPSA) is 80.5 Å². The molecule has 0 radical (unpaired) electrons. The minimum Gasteiger partial charge on any atom is -0.390 e. The molecule has 1 heterocycles. The molecule has 1 amide bonds. The molecule has 1 aromatic heterocycles. The number of aryl methyl sites for hydroxylation is 1. The lowest BCUT2D eigenvalue weighted by Gasteiger charge is -2.33. The summed E-state index contributed by atoms with van der Waals surface area (Å²) in [5, 5.41) is 17.6. The summed E-state index contributed by atoms with van der Waals surface area (Å²) in [6.45, 7) is 0.437. The van der Waals surface area contributed by atoms with Gasteiger partial charge in [-0.2, -0.15) is 0 Å². The molecule has 1 fully saturated rings. The van der Waals surface area contributed by atoms with Gasteiger partial charge in [0.2, 0.25) is 5.91 Å². The molecule has 1 aliphatic carbocycles. The summed E-state index contributed by atoms with van der Waals surface area (Å²) in [4.78, 5) is 14.1. The molecule has 0 aliphatic heterocycles. The minimum atomic E-state index is -0.465. The van der Waals surface area contributed by atoms with Gasteiger partial charge < -0.3 is 19.3 Å². The van der Waals surface area contributed by atoms with E-state index in [1.165, 1.54) is 0 Å². The Kier molecular flexibility index (Phi) is 4.72. The SMILES string of the molecule is CO[C@@H]1C[C@H](C(=O)N(C)Cc2nncn2C)CC[C@@H]1O. The van der Waals surface area contributed by atoms with E-state index in [1.807, 2.05) is 7.05 Å². The Bertz CT molecular complexity index is 462. The van der Waals surface area contributed by atoms with Crippen LogP contribution in [-0.4, -0.2) is 57.0 Å². The fourth-order valence-corrected chi connectivity index (χ4v) is 2.64. The van der Waals surface area contributed by atoms with E-state index in [0.29, 0.717) is 25.8 Å². The molecule has 0 aromatic carbocycles. The van der Waals surface area contributed by atoms with E-state index in [0.717, 1.165) is 5.82 Å². The lowest BCUT2D eigenvalue weighted by atomic mass is 9.84. The summed E-state index contributed by atoms with van der Waals surface area (Å²) >= 11 is 0. The Morgan fingerprint density at radius 1 is 1.60 bits per heavy atom. The Morgan fingerprint density at radius 2 is 2.35 bits per heavy atom. The highest BCUT2D eigenvalue weighted by atomic mass is 16.5. The zero-order chi connectivity index (χ0) is 14.7. The second kappa shape index (κ2) is 6.32. The number of rotatable bonds is 4. The fourth-order valence-electron chi connectivity index (χ4n) is 2.64. The van der Waals surface area contributed by atoms with Gasteiger partial charge in [-0.15, -0.1) is 10.2 Å². The van der Waals surface area contributed by atoms with E-state index in [9.17, 15) is 9.90 Å². The van der Waals surface area contributed by atoms with Gasteiger partial charge >= 0.3 is 0 Å². The summed E-state index contributed by atoms with van der Waals surface area (Å²) in [7, 11) is 5.19. The molecular weight excluding hydrogens is 260 g/mol. The molecule has 112 valence electrons. The van der Waals surface area contributed by atoms with Crippen molar-refractivity contribution in [1.29, 1.82) is 0 Å². The average Bonchev–Trinajstić information content (AvgIpc) is 2.84. The molecule has 1 aliphatic rings. The van der Waals surface area contributed by atoms with Crippen LogP contribution in [0, 0.1) is 5.92 Å². The maximum atomic E-state index is 12.4. The first kappa shape index (κ1) is 14.9. The van der Waals surface area contributed by atoms with Gasteiger partial charge in [0.1, 0.15) is 6.33 Å². The van der Waals surface area contributed by atoms with E-state index >= 15 is 0 Å². The van der Waals surface area contributed by atoms with E-state index in [4.69, 9.17) is 4.74 Å². The summed E-state index contributed by atoms with van der Waals surface area (Å²) in [5.41, 5.74) is 0. The zero-order valence-electron chi connectivity index (χ0n) is 12.2. The third-order valence-electron chi connectivity index (χ3n) is 3.97. The van der Waals surface area contributed by atoms with E-state index < -0.39 is 6.10 Å². The van der Waals surface area contributed by atoms with Crippen molar-refractivity contribution in [1.82, 2.24) is 19.7 Å². The Balaban J connectivity index is 1.95. The van der Waals surface area contributed by atoms with Crippen LogP contribution in [0.1, 0.15) is 25.1 Å². The first-order chi connectivity index (χ1) is 9.52. The van der Waals surface area contributed by atoms with E-state index in [-0.39, 0.29) is 17.9 Å². The average molecular weight is 282 g/mol. The van der Waals surface area contributed by atoms with Crippen molar-refractivity contribution in [2.75, 3.05) is 14.2 Å². The number of aliphatic hydroxyl groups is 1. The van der Waals surface area contributed by atoms with Gasteiger partial charge in [0.25, 0.3) is 0 Å². The van der Waals surface area contributed by atoms with Crippen molar-refractivity contribution in [3.63, 3.8) is 0 Å². The third kappa shape index (κ3) is 3.16. The molecule has 0 bridgehead atoms. The van der Waals surface area contributed by atoms with Gasteiger partial charge in [0.15, 0.2) is 5.82 Å². The van der Waals surface area contributed by atoms with Crippen LogP contribution in [0.5, 0.6) is 0 Å². The molecular formula is C13H22N4O3. The third-order valence-corrected chi connectivity index (χ3v) is 3.97. The number of ether oxygens (including phenoxy) is 1. The van der Waals surface area contributed by atoms with Crippen molar-refractivity contribution in [2.24, 2.45) is 13.0 Å². The van der Waals surface area contributed by atoms with Gasteiger partial charge in [-0.25, -0.2) is 0 Å². The Labute approximate surface area is 118 Å². The predicted octanol–water partition coefficient (Wildman–Crippen LogP) is -0.0505. The van der Waals surface area contributed by atoms with E-state index in [2.05, 4.69) is 10.2 Å². The molecule has 1 saturated carbocycles. The number of methoxy groups -OCH3 is 1. The van der Waals surface area contributed by atoms with Crippen LogP contribution < -0.4 is 0 Å². The number of aromatic nitrogens is 3. The predicted molar refractivity (Wildman–Crippen MR) is 71.6 cm³/mol. The molecule has 1 N–H and O–H groups in total. The summed E-state index contributed by atoms with van der Waals surface area (Å²) in [6.07, 6.45) is 2.77. The molecule has 0 saturated heterocycles. The smallest absolute Gasteiger partial charge is 0.225 e. The first-order valence-electron chi connectivity index (χ1n) is 6.81. The summed E-state index contributed by atoms with van der Waals surface area (Å²) in [5.74, 6) is 0.725. The second-order valence-corrected chi connectivity index (χ2v) is 5.40. The quantitative estimate of drug-likeness (QED) is 0.837. The number of amides is 1. The van der Waals surface area contributed by atoms with Gasteiger partial charge in [0.05, 0.1) is 18.8 Å². The Morgan fingerprint density at radius 3 is 2.95 bits per heavy atom. The van der Waals surface area contributed by atoms with Crippen molar-refractivity contribution < 1.29 is 14.6 Å². The maximum absolute atomic E-state index is 12.4. The highest BCUT2D eigenvalue weighted by Gasteiger charge is 2.34. The van der Waals surface area contributed by atoms with Crippen LogP contribution in [-0.2, 0) is 23.1 Å². The normalized spacial score (nSPS) is 26.5. The number of carbonyl (C=O) groups is 1. The standard InChI is InChI=1S/C13H22N4O3/c1-16(7-12-15-14-8-17(12)2)13(19)9-4-5-10(18)11(6-9)20-3/h8-11,18H,4-7H2,1-3H3/t9-,10+,11-/m1/s1. The van der Waals surface area contributed by atoms with E-state index in [1.54, 1.807) is 30.0 Å². The van der Waals surface area contributed by atoms with Crippen LogP contribution in [0.3, 0.4) is 0 Å². The lowest BCUT2D eigenvalue weighted by molar-refractivity contribution is -0.140. The van der Waals surface area contributed by atoms with Gasteiger partial charge in [0, 0.05) is 27.1 Å². The van der Waals surface area contributed by atoms with Crippen LogP contribution in [0.2, 0.25) is 0 Å². The minimum absolute atomic E-state index is 0.0713. The number of hydrogen-bond acceptors (Lipinski definition) is 5.